The molecule has 0 radical (unpaired) electrons. The number of hydrogen-bond donors (Lipinski definition) is 2. The van der Waals surface area contributed by atoms with Crippen LogP contribution in [-0.4, -0.2) is 30.0 Å². The fraction of sp³-hybridized carbons (Fsp3) is 0.600. The minimum Gasteiger partial charge on any atom is -0.380 e. The lowest BCUT2D eigenvalue weighted by Gasteiger charge is -2.17. The number of piperidine rings is 1. The van der Waals surface area contributed by atoms with E-state index in [1.165, 1.54) is 0 Å². The quantitative estimate of drug-likeness (QED) is 0.888. The Morgan fingerprint density at radius 3 is 2.96 bits per heavy atom. The average Bonchev–Trinajstić information content (AvgIpc) is 3.01. The van der Waals surface area contributed by atoms with Crippen LogP contribution < -0.4 is 10.6 Å². The number of rotatable bonds is 4. The Kier molecular flexibility index (Phi) is 3.01. The summed E-state index contributed by atoms with van der Waals surface area (Å²) in [5.41, 5.74) is -1.08. The number of fused-ring (bicyclic) bond motifs is 1. The third-order valence-electron chi connectivity index (χ3n) is 4.48. The number of carbonyl (C=O) groups is 1. The summed E-state index contributed by atoms with van der Waals surface area (Å²) >= 11 is 0. The third kappa shape index (κ3) is 3.18. The van der Waals surface area contributed by atoms with Gasteiger partial charge in [-0.1, -0.05) is 13.0 Å². The number of pyridine rings is 1. The maximum atomic E-state index is 12.9. The van der Waals surface area contributed by atoms with E-state index in [0.29, 0.717) is 6.42 Å². The Morgan fingerprint density at radius 2 is 2.35 bits per heavy atom. The SMILES string of the molecule is [2H]C([2H])([2H])OCc1ccc(C(F)(F)F)nc1NC(=O)[C@@H]1C[C@@]2(C)C[C@H]2N1. The molecule has 1 aromatic rings. The van der Waals surface area contributed by atoms with Gasteiger partial charge in [0, 0.05) is 18.6 Å². The van der Waals surface area contributed by atoms with Crippen LogP contribution in [0.25, 0.3) is 0 Å². The second-order valence-corrected chi connectivity index (χ2v) is 6.31. The van der Waals surface area contributed by atoms with Crippen LogP contribution in [0.2, 0.25) is 0 Å². The number of alkyl halides is 3. The third-order valence-corrected chi connectivity index (χ3v) is 4.48. The molecule has 1 saturated carbocycles. The summed E-state index contributed by atoms with van der Waals surface area (Å²) in [4.78, 5) is 15.8. The van der Waals surface area contributed by atoms with Crippen molar-refractivity contribution in [3.8, 4) is 0 Å². The highest BCUT2D eigenvalue weighted by atomic mass is 19.4. The van der Waals surface area contributed by atoms with Crippen molar-refractivity contribution in [2.75, 3.05) is 12.4 Å². The molecule has 0 aromatic carbocycles. The van der Waals surface area contributed by atoms with Gasteiger partial charge in [-0.05, 0) is 24.3 Å². The second-order valence-electron chi connectivity index (χ2n) is 6.31. The van der Waals surface area contributed by atoms with Gasteiger partial charge < -0.3 is 15.4 Å². The van der Waals surface area contributed by atoms with Crippen molar-refractivity contribution < 1.29 is 26.8 Å². The maximum Gasteiger partial charge on any atom is 0.433 e. The van der Waals surface area contributed by atoms with Gasteiger partial charge in [-0.2, -0.15) is 13.2 Å². The molecule has 2 aliphatic rings. The fourth-order valence-electron chi connectivity index (χ4n) is 2.98. The maximum absolute atomic E-state index is 12.9. The summed E-state index contributed by atoms with van der Waals surface area (Å²) in [6.07, 6.45) is -3.14. The van der Waals surface area contributed by atoms with Gasteiger partial charge in [0.25, 0.3) is 0 Å². The smallest absolute Gasteiger partial charge is 0.380 e. The lowest BCUT2D eigenvalue weighted by Crippen LogP contribution is -2.38. The molecule has 0 unspecified atom stereocenters. The Balaban J connectivity index is 1.78. The first-order chi connectivity index (χ1) is 11.9. The van der Waals surface area contributed by atoms with Crippen LogP contribution in [0.3, 0.4) is 0 Å². The fourth-order valence-corrected chi connectivity index (χ4v) is 2.98. The van der Waals surface area contributed by atoms with Crippen LogP contribution in [0, 0.1) is 5.41 Å². The van der Waals surface area contributed by atoms with Gasteiger partial charge in [-0.3, -0.25) is 4.79 Å². The van der Waals surface area contributed by atoms with Gasteiger partial charge in [0.05, 0.1) is 16.8 Å². The molecule has 1 amide bonds. The highest BCUT2D eigenvalue weighted by Crippen LogP contribution is 2.53. The molecule has 2 N–H and O–H groups in total. The second kappa shape index (κ2) is 5.45. The van der Waals surface area contributed by atoms with Crippen LogP contribution in [-0.2, 0) is 22.3 Å². The van der Waals surface area contributed by atoms with Gasteiger partial charge in [-0.15, -0.1) is 0 Å². The number of nitrogens with zero attached hydrogens (tertiary/aromatic N) is 1. The molecule has 0 spiro atoms. The number of hydrogen-bond acceptors (Lipinski definition) is 4. The lowest BCUT2D eigenvalue weighted by molar-refractivity contribution is -0.141. The average molecular weight is 332 g/mol. The predicted octanol–water partition coefficient (Wildman–Crippen LogP) is 2.33. The van der Waals surface area contributed by atoms with Crippen LogP contribution in [0.4, 0.5) is 19.0 Å². The number of nitrogens with one attached hydrogen (secondary N) is 2. The topological polar surface area (TPSA) is 63.2 Å². The van der Waals surface area contributed by atoms with Crippen LogP contribution in [0.15, 0.2) is 12.1 Å². The van der Waals surface area contributed by atoms with Gasteiger partial charge in [-0.25, -0.2) is 4.98 Å². The summed E-state index contributed by atoms with van der Waals surface area (Å²) in [7, 11) is -2.72. The van der Waals surface area contributed by atoms with Gasteiger partial charge >= 0.3 is 6.18 Å². The van der Waals surface area contributed by atoms with E-state index < -0.39 is 37.5 Å². The van der Waals surface area contributed by atoms with E-state index in [1.54, 1.807) is 0 Å². The first-order valence-electron chi connectivity index (χ1n) is 8.65. The standard InChI is InChI=1S/C15H18F3N3O2/c1-14-5-9(19-11(14)6-14)13(22)21-12-8(7-23-2)3-4-10(20-12)15(16,17)18/h3-4,9,11,19H,5-7H2,1-2H3,(H,20,21,22)/t9-,11+,14-/m0/s1/i2D3. The van der Waals surface area contributed by atoms with Crippen molar-refractivity contribution in [2.45, 2.75) is 44.6 Å². The van der Waals surface area contributed by atoms with Gasteiger partial charge in [0.2, 0.25) is 5.91 Å². The first kappa shape index (κ1) is 12.7. The zero-order valence-corrected chi connectivity index (χ0v) is 12.3. The molecule has 2 heterocycles. The zero-order valence-electron chi connectivity index (χ0n) is 15.3. The zero-order chi connectivity index (χ0) is 19.3. The molecule has 8 heteroatoms. The van der Waals surface area contributed by atoms with E-state index in [9.17, 15) is 18.0 Å². The molecule has 3 rings (SSSR count). The molecular formula is C15H18F3N3O2. The Hall–Kier alpha value is -1.67. The molecule has 1 saturated heterocycles. The van der Waals surface area contributed by atoms with Gasteiger partial charge in [0.1, 0.15) is 11.5 Å². The van der Waals surface area contributed by atoms with Crippen molar-refractivity contribution in [1.29, 1.82) is 0 Å². The number of amides is 1. The largest absolute Gasteiger partial charge is 0.433 e. The molecule has 2 fully saturated rings. The van der Waals surface area contributed by atoms with Crippen LogP contribution >= 0.6 is 0 Å². The van der Waals surface area contributed by atoms with E-state index in [0.717, 1.165) is 18.6 Å². The van der Waals surface area contributed by atoms with E-state index in [4.69, 9.17) is 4.11 Å². The number of carbonyl (C=O) groups excluding carboxylic acids is 1. The monoisotopic (exact) mass is 332 g/mol. The molecule has 1 aromatic heterocycles. The van der Waals surface area contributed by atoms with Crippen molar-refractivity contribution in [2.24, 2.45) is 5.41 Å². The highest BCUT2D eigenvalue weighted by molar-refractivity contribution is 5.95. The molecule has 3 atom stereocenters. The molecule has 1 aliphatic heterocycles. The summed E-state index contributed by atoms with van der Waals surface area (Å²) in [6.45, 7) is 1.53. The number of aromatic nitrogens is 1. The lowest BCUT2D eigenvalue weighted by atomic mass is 10.0. The van der Waals surface area contributed by atoms with Crippen LogP contribution in [0.5, 0.6) is 0 Å². The molecule has 1 aliphatic carbocycles. The van der Waals surface area contributed by atoms with Crippen molar-refractivity contribution >= 4 is 11.7 Å². The summed E-state index contributed by atoms with van der Waals surface area (Å²) in [5, 5.41) is 5.51. The number of halogens is 3. The number of anilines is 1. The Bertz CT molecular complexity index is 726. The minimum atomic E-state index is -4.69. The molecule has 23 heavy (non-hydrogen) atoms. The predicted molar refractivity (Wildman–Crippen MR) is 76.6 cm³/mol. The molecule has 5 nitrogen and oxygen atoms in total. The number of ether oxygens (including phenoxy) is 1. The first-order valence-corrected chi connectivity index (χ1v) is 7.15. The van der Waals surface area contributed by atoms with E-state index in [2.05, 4.69) is 20.4 Å². The van der Waals surface area contributed by atoms with Crippen molar-refractivity contribution in [3.63, 3.8) is 0 Å². The Morgan fingerprint density at radius 1 is 1.57 bits per heavy atom. The highest BCUT2D eigenvalue weighted by Gasteiger charge is 2.58. The van der Waals surface area contributed by atoms with Crippen molar-refractivity contribution in [3.05, 3.63) is 23.4 Å². The minimum absolute atomic E-state index is 0.0520. The van der Waals surface area contributed by atoms with Crippen molar-refractivity contribution in [1.82, 2.24) is 10.3 Å². The molecular weight excluding hydrogens is 311 g/mol. The molecule has 0 bridgehead atoms. The van der Waals surface area contributed by atoms with E-state index in [1.807, 2.05) is 6.92 Å². The van der Waals surface area contributed by atoms with Gasteiger partial charge in [0.15, 0.2) is 0 Å². The summed E-state index contributed by atoms with van der Waals surface area (Å²) in [6, 6.07) is 1.49. The summed E-state index contributed by atoms with van der Waals surface area (Å²) < 4.78 is 64.5. The molecule has 126 valence electrons. The van der Waals surface area contributed by atoms with E-state index >= 15 is 0 Å². The van der Waals surface area contributed by atoms with Crippen LogP contribution in [0.1, 0.15) is 35.1 Å². The summed E-state index contributed by atoms with van der Waals surface area (Å²) in [5.74, 6) is -0.845. The van der Waals surface area contributed by atoms with E-state index in [-0.39, 0.29) is 22.8 Å². The normalized spacial score (nSPS) is 31.7. The number of methoxy groups -OCH3 is 1. The Labute approximate surface area is 135 Å².